The summed E-state index contributed by atoms with van der Waals surface area (Å²) >= 11 is 0. The first-order chi connectivity index (χ1) is 71.5. The van der Waals surface area contributed by atoms with E-state index in [0.717, 1.165) is 251 Å². The molecule has 0 radical (unpaired) electrons. The molecule has 0 atom stereocenters. The van der Waals surface area contributed by atoms with E-state index in [1.54, 1.807) is 0 Å². The summed E-state index contributed by atoms with van der Waals surface area (Å²) in [7, 11) is 0. The zero-order valence-electron chi connectivity index (χ0n) is 85.9. The third-order valence-electron chi connectivity index (χ3n) is 33.1. The molecule has 8 heteroatoms. The topological polar surface area (TPSA) is 65.5 Å². The molecule has 0 spiro atoms. The number of furan rings is 4. The molecule has 0 amide bonds. The van der Waals surface area contributed by atoms with Crippen LogP contribution in [0.1, 0.15) is 145 Å². The number of hydrogen-bond acceptors (Lipinski definition) is 8. The van der Waals surface area contributed by atoms with E-state index in [0.29, 0.717) is 6.42 Å². The fourth-order valence-electron chi connectivity index (χ4n) is 25.1. The Kier molecular flexibility index (Phi) is 20.9. The molecule has 0 saturated carbocycles. The first kappa shape index (κ1) is 89.9. The summed E-state index contributed by atoms with van der Waals surface area (Å²) in [5.41, 5.74) is 51.1. The highest BCUT2D eigenvalue weighted by molar-refractivity contribution is 6.28. The maximum Gasteiger partial charge on any atom is 0.145 e. The van der Waals surface area contributed by atoms with E-state index in [9.17, 15) is 0 Å². The minimum Gasteiger partial charge on any atom is -0.455 e. The first-order valence-corrected chi connectivity index (χ1v) is 51.5. The van der Waals surface area contributed by atoms with Crippen LogP contribution in [0.2, 0.25) is 0 Å². The first-order valence-electron chi connectivity index (χ1n) is 51.5. The average Bonchev–Trinajstić information content (AvgIpc) is 1.50. The van der Waals surface area contributed by atoms with Crippen molar-refractivity contribution in [2.24, 2.45) is 0 Å². The highest BCUT2D eigenvalue weighted by Crippen LogP contribution is 2.68. The molecular weight excluding hydrogens is 1790 g/mol. The zero-order valence-corrected chi connectivity index (χ0v) is 85.9. The molecule has 0 saturated heterocycles. The van der Waals surface area contributed by atoms with Crippen molar-refractivity contribution in [1.29, 1.82) is 0 Å². The van der Waals surface area contributed by atoms with Crippen LogP contribution < -0.4 is 19.6 Å². The normalized spacial score (nSPS) is 12.9. The Hall–Kier alpha value is -17.2. The van der Waals surface area contributed by atoms with Crippen molar-refractivity contribution in [2.45, 2.75) is 128 Å². The quantitative estimate of drug-likeness (QED) is 0.0842. The van der Waals surface area contributed by atoms with E-state index in [2.05, 4.69) is 506 Å². The van der Waals surface area contributed by atoms with Crippen LogP contribution in [0.3, 0.4) is 0 Å². The van der Waals surface area contributed by atoms with Gasteiger partial charge in [0, 0.05) is 89.3 Å². The summed E-state index contributed by atoms with van der Waals surface area (Å²) in [6.07, 6.45) is 0.589. The fourth-order valence-corrected chi connectivity index (χ4v) is 25.1. The number of aryl methyl sites for hydroxylation is 12. The molecule has 4 heterocycles. The summed E-state index contributed by atoms with van der Waals surface area (Å²) < 4.78 is 31.4. The van der Waals surface area contributed by atoms with E-state index in [4.69, 9.17) is 17.7 Å². The van der Waals surface area contributed by atoms with Crippen molar-refractivity contribution >= 4 is 156 Å². The zero-order chi connectivity index (χ0) is 100. The second kappa shape index (κ2) is 34.3. The summed E-state index contributed by atoms with van der Waals surface area (Å²) in [5, 5.41) is 8.10. The Morgan fingerprint density at radius 2 is 0.483 bits per heavy atom. The van der Waals surface area contributed by atoms with Crippen molar-refractivity contribution < 1.29 is 17.7 Å². The predicted molar refractivity (Wildman–Crippen MR) is 614 cm³/mol. The van der Waals surface area contributed by atoms with Crippen LogP contribution in [0.4, 0.5) is 68.2 Å². The van der Waals surface area contributed by atoms with Gasteiger partial charge in [0.1, 0.15) is 44.7 Å². The minimum atomic E-state index is -1.03. The monoisotopic (exact) mass is 1900 g/mol. The SMILES string of the molecule is Cc1ccc(C)c(N(c2cccc(Cc3cc(N(c4cc(C)c(C)c(C)c4)c4cc5c(c6oc7ccccc7c46)-c4c(cc(N(c6cc(C)c(C)c(C)c6)c6cc(C)c(C)c(C)c6)c6c4oc4ccccc46)C5(c4ccccc4)c4ccccc4)cc(C)c3C)c2)c2cc3c(c4oc5ccccc5c24)-c2c(cc(N(c4ccccc4C)c4cc(C)ccc4C)c4c2oc2ccccc24)C3(c2ccccc2)c2ccccc2)c1. The number of hydrogen-bond donors (Lipinski definition) is 0. The van der Waals surface area contributed by atoms with E-state index in [1.807, 2.05) is 0 Å². The van der Waals surface area contributed by atoms with Crippen LogP contribution in [0.15, 0.2) is 394 Å². The largest absolute Gasteiger partial charge is 0.455 e. The van der Waals surface area contributed by atoms with Crippen LogP contribution >= 0.6 is 0 Å². The van der Waals surface area contributed by atoms with Gasteiger partial charge >= 0.3 is 0 Å². The van der Waals surface area contributed by atoms with Gasteiger partial charge in [-0.15, -0.1) is 0 Å². The van der Waals surface area contributed by atoms with Crippen molar-refractivity contribution in [3.05, 3.63) is 521 Å². The number of anilines is 12. The highest BCUT2D eigenvalue weighted by Gasteiger charge is 2.54. The van der Waals surface area contributed by atoms with Gasteiger partial charge in [-0.1, -0.05) is 249 Å². The smallest absolute Gasteiger partial charge is 0.145 e. The number of rotatable bonds is 18. The Morgan fingerprint density at radius 3 is 0.830 bits per heavy atom. The van der Waals surface area contributed by atoms with Gasteiger partial charge < -0.3 is 37.3 Å². The molecule has 4 aromatic heterocycles. The summed E-state index contributed by atoms with van der Waals surface area (Å²) in [6.45, 7) is 36.1. The molecule has 2 aliphatic carbocycles. The Labute approximate surface area is 858 Å². The van der Waals surface area contributed by atoms with Crippen LogP contribution in [-0.4, -0.2) is 0 Å². The van der Waals surface area contributed by atoms with Gasteiger partial charge in [-0.3, -0.25) is 0 Å². The lowest BCUT2D eigenvalue weighted by molar-refractivity contribution is 0.665. The summed E-state index contributed by atoms with van der Waals surface area (Å²) in [4.78, 5) is 10.2. The van der Waals surface area contributed by atoms with Crippen molar-refractivity contribution in [3.8, 4) is 22.3 Å². The molecule has 0 fully saturated rings. The van der Waals surface area contributed by atoms with Crippen molar-refractivity contribution in [1.82, 2.24) is 0 Å². The number of para-hydroxylation sites is 5. The van der Waals surface area contributed by atoms with E-state index >= 15 is 0 Å². The lowest BCUT2D eigenvalue weighted by atomic mass is 9.67. The lowest BCUT2D eigenvalue weighted by Gasteiger charge is -2.36. The summed E-state index contributed by atoms with van der Waals surface area (Å²) in [6, 6.07) is 141. The van der Waals surface area contributed by atoms with Crippen LogP contribution in [0.5, 0.6) is 0 Å². The lowest BCUT2D eigenvalue weighted by Crippen LogP contribution is -2.29. The molecule has 26 rings (SSSR count). The van der Waals surface area contributed by atoms with E-state index < -0.39 is 10.8 Å². The molecule has 24 aromatic rings. The third-order valence-corrected chi connectivity index (χ3v) is 33.1. The molecule has 0 N–H and O–H groups in total. The molecule has 2 aliphatic rings. The van der Waals surface area contributed by atoms with Gasteiger partial charge in [-0.05, 0) is 389 Å². The maximum atomic E-state index is 7.92. The molecule has 8 nitrogen and oxygen atoms in total. The highest BCUT2D eigenvalue weighted by atomic mass is 16.3. The Balaban J connectivity index is 0.710. The van der Waals surface area contributed by atoms with Crippen LogP contribution in [0, 0.1) is 111 Å². The van der Waals surface area contributed by atoms with Crippen molar-refractivity contribution in [3.63, 3.8) is 0 Å². The summed E-state index contributed by atoms with van der Waals surface area (Å²) in [5.74, 6) is 0. The van der Waals surface area contributed by atoms with Gasteiger partial charge in [0.25, 0.3) is 0 Å². The molecule has 0 bridgehead atoms. The van der Waals surface area contributed by atoms with Crippen LogP contribution in [-0.2, 0) is 17.3 Å². The fraction of sp³-hybridized carbons (Fsp3) is 0.137. The van der Waals surface area contributed by atoms with E-state index in [-0.39, 0.29) is 0 Å². The Bertz CT molecular complexity index is 9420. The second-order valence-corrected chi connectivity index (χ2v) is 41.7. The van der Waals surface area contributed by atoms with Crippen LogP contribution in [0.25, 0.3) is 110 Å². The van der Waals surface area contributed by atoms with Crippen molar-refractivity contribution in [2.75, 3.05) is 19.6 Å². The molecule has 20 aromatic carbocycles. The van der Waals surface area contributed by atoms with Gasteiger partial charge in [0.15, 0.2) is 0 Å². The number of nitrogens with zero attached hydrogens (tertiary/aromatic N) is 4. The molecule has 147 heavy (non-hydrogen) atoms. The molecule has 0 unspecified atom stereocenters. The average molecular weight is 1900 g/mol. The van der Waals surface area contributed by atoms with Gasteiger partial charge in [0.05, 0.1) is 55.1 Å². The van der Waals surface area contributed by atoms with E-state index in [1.165, 1.54) is 72.3 Å². The van der Waals surface area contributed by atoms with Gasteiger partial charge in [0.2, 0.25) is 0 Å². The molecule has 0 aliphatic heterocycles. The molecule has 712 valence electrons. The Morgan fingerprint density at radius 1 is 0.197 bits per heavy atom. The predicted octanol–water partition coefficient (Wildman–Crippen LogP) is 38.4. The standard InChI is InChI=1S/C139H112N4O4/c1-80-60-62-83(4)116(64-80)142(120-78-113-132(136-128(120)109-53-32-37-58-124(109)146-136)133-114(139(113,100-46-25-19-26-47-100)101-48-27-20-28-49-101)79-121(129-110-54-33-38-59-125(110)147-137(129)133)143(115-55-34-29-40-82(115)3)117-65-81(2)61-63-84(117)5)102-50-39-41-96(74-102)73-97-75-106(72-91(12)95(97)16)141(105-70-89(10)94(15)90(11)71-105)119-77-112-131(135-127(119)108-52-31-36-57-123(108)145-135)130-111(138(112,98-42-21-17-22-43-98)99-44-23-18-24-45-99)76-118(126-107-51-30-35-56-122(107)144-134(126)130)140(103-66-85(6)92(13)86(7)67-103)104-68-87(8)93(14)88(9)69-104/h17-72,74-79H,73H2,1-16H3. The van der Waals surface area contributed by atoms with Gasteiger partial charge in [-0.25, -0.2) is 0 Å². The minimum absolute atomic E-state index is 0.589. The molecular formula is C139H112N4O4. The second-order valence-electron chi connectivity index (χ2n) is 41.7. The third kappa shape index (κ3) is 13.6. The number of fused-ring (bicyclic) bond motifs is 22. The van der Waals surface area contributed by atoms with Gasteiger partial charge in [-0.2, -0.15) is 0 Å². The maximum absolute atomic E-state index is 7.92. The number of benzene rings is 20.